The number of nitrogens with one attached hydrogen (secondary N) is 2. The number of ether oxygens (including phenoxy) is 1. The van der Waals surface area contributed by atoms with Crippen LogP contribution in [0.25, 0.3) is 10.9 Å². The quantitative estimate of drug-likeness (QED) is 0.852. The molecule has 2 N–H and O–H groups in total. The van der Waals surface area contributed by atoms with Gasteiger partial charge in [0.05, 0.1) is 7.11 Å². The number of hydrogen-bond acceptors (Lipinski definition) is 2. The summed E-state index contributed by atoms with van der Waals surface area (Å²) >= 11 is 0. The van der Waals surface area contributed by atoms with E-state index in [9.17, 15) is 0 Å². The molecule has 1 saturated heterocycles. The van der Waals surface area contributed by atoms with Crippen LogP contribution in [-0.2, 0) is 0 Å². The maximum Gasteiger partial charge on any atom is 0.122 e. The second-order valence-electron chi connectivity index (χ2n) is 5.08. The molecule has 1 aromatic heterocycles. The first-order valence-corrected chi connectivity index (χ1v) is 6.66. The molecule has 1 aliphatic rings. The monoisotopic (exact) mass is 244 g/mol. The van der Waals surface area contributed by atoms with Crippen molar-refractivity contribution in [2.75, 3.05) is 20.2 Å². The largest absolute Gasteiger partial charge is 0.496 e. The highest BCUT2D eigenvalue weighted by atomic mass is 16.5. The third-order valence-electron chi connectivity index (χ3n) is 4.09. The van der Waals surface area contributed by atoms with Crippen LogP contribution in [0, 0.1) is 6.92 Å². The number of piperidine rings is 1. The summed E-state index contributed by atoms with van der Waals surface area (Å²) in [4.78, 5) is 3.40. The fraction of sp³-hybridized carbons (Fsp3) is 0.467. The third kappa shape index (κ3) is 1.79. The molecule has 1 fully saturated rings. The van der Waals surface area contributed by atoms with E-state index in [1.807, 2.05) is 6.07 Å². The third-order valence-corrected chi connectivity index (χ3v) is 4.09. The van der Waals surface area contributed by atoms with Gasteiger partial charge in [0.2, 0.25) is 0 Å². The van der Waals surface area contributed by atoms with Gasteiger partial charge in [-0.05, 0) is 56.5 Å². The second-order valence-corrected chi connectivity index (χ2v) is 5.08. The SMILES string of the molecule is COc1ccc2[nH]cc(C3CCNCC3)c2c1C. The van der Waals surface area contributed by atoms with Crippen LogP contribution in [0.2, 0.25) is 0 Å². The van der Waals surface area contributed by atoms with Crippen molar-refractivity contribution in [1.29, 1.82) is 0 Å². The van der Waals surface area contributed by atoms with E-state index in [2.05, 4.69) is 29.5 Å². The van der Waals surface area contributed by atoms with Crippen LogP contribution >= 0.6 is 0 Å². The molecule has 0 spiro atoms. The predicted octanol–water partition coefficient (Wildman–Crippen LogP) is 2.95. The van der Waals surface area contributed by atoms with Gasteiger partial charge < -0.3 is 15.0 Å². The molecule has 0 saturated carbocycles. The van der Waals surface area contributed by atoms with Crippen LogP contribution in [0.15, 0.2) is 18.3 Å². The van der Waals surface area contributed by atoms with Crippen LogP contribution in [0.1, 0.15) is 29.9 Å². The number of aryl methyl sites for hydroxylation is 1. The minimum Gasteiger partial charge on any atom is -0.496 e. The number of methoxy groups -OCH3 is 1. The number of aromatic nitrogens is 1. The molecule has 3 rings (SSSR count). The fourth-order valence-electron chi connectivity index (χ4n) is 3.09. The van der Waals surface area contributed by atoms with Gasteiger partial charge in [-0.3, -0.25) is 0 Å². The topological polar surface area (TPSA) is 37.0 Å². The van der Waals surface area contributed by atoms with Crippen LogP contribution < -0.4 is 10.1 Å². The fourth-order valence-corrected chi connectivity index (χ4v) is 3.09. The molecule has 0 radical (unpaired) electrons. The minimum absolute atomic E-state index is 0.672. The van der Waals surface area contributed by atoms with Crippen LogP contribution in [-0.4, -0.2) is 25.2 Å². The van der Waals surface area contributed by atoms with Crippen molar-refractivity contribution < 1.29 is 4.74 Å². The summed E-state index contributed by atoms with van der Waals surface area (Å²) in [6.07, 6.45) is 4.64. The Kier molecular flexibility index (Phi) is 3.00. The summed E-state index contributed by atoms with van der Waals surface area (Å²) in [6, 6.07) is 4.16. The van der Waals surface area contributed by atoms with E-state index in [0.717, 1.165) is 18.8 Å². The minimum atomic E-state index is 0.672. The molecule has 3 nitrogen and oxygen atoms in total. The lowest BCUT2D eigenvalue weighted by molar-refractivity contribution is 0.412. The van der Waals surface area contributed by atoms with Gasteiger partial charge in [-0.25, -0.2) is 0 Å². The van der Waals surface area contributed by atoms with Crippen molar-refractivity contribution in [3.05, 3.63) is 29.5 Å². The van der Waals surface area contributed by atoms with Crippen LogP contribution in [0.3, 0.4) is 0 Å². The summed E-state index contributed by atoms with van der Waals surface area (Å²) in [6.45, 7) is 4.40. The molecular weight excluding hydrogens is 224 g/mol. The summed E-state index contributed by atoms with van der Waals surface area (Å²) < 4.78 is 5.44. The van der Waals surface area contributed by atoms with Gasteiger partial charge in [0.15, 0.2) is 0 Å². The first kappa shape index (κ1) is 11.6. The number of rotatable bonds is 2. The van der Waals surface area contributed by atoms with Gasteiger partial charge >= 0.3 is 0 Å². The molecular formula is C15H20N2O. The number of aromatic amines is 1. The first-order valence-electron chi connectivity index (χ1n) is 6.66. The van der Waals surface area contributed by atoms with E-state index in [-0.39, 0.29) is 0 Å². The van der Waals surface area contributed by atoms with E-state index in [1.165, 1.54) is 34.9 Å². The standard InChI is InChI=1S/C15H20N2O/c1-10-14(18-2)4-3-13-15(10)12(9-17-13)11-5-7-16-8-6-11/h3-4,9,11,16-17H,5-8H2,1-2H3. The lowest BCUT2D eigenvalue weighted by Crippen LogP contribution is -2.26. The Balaban J connectivity index is 2.11. The van der Waals surface area contributed by atoms with Crippen LogP contribution in [0.4, 0.5) is 0 Å². The van der Waals surface area contributed by atoms with Crippen molar-refractivity contribution >= 4 is 10.9 Å². The summed E-state index contributed by atoms with van der Waals surface area (Å²) in [5, 5.41) is 4.79. The van der Waals surface area contributed by atoms with Gasteiger partial charge in [0, 0.05) is 22.7 Å². The Bertz CT molecular complexity index is 553. The molecule has 0 amide bonds. The molecule has 0 unspecified atom stereocenters. The average Bonchev–Trinajstić information content (AvgIpc) is 2.85. The lowest BCUT2D eigenvalue weighted by Gasteiger charge is -2.22. The first-order chi connectivity index (χ1) is 8.81. The molecule has 2 aromatic rings. The van der Waals surface area contributed by atoms with Crippen molar-refractivity contribution in [3.63, 3.8) is 0 Å². The van der Waals surface area contributed by atoms with E-state index < -0.39 is 0 Å². The molecule has 2 heterocycles. The summed E-state index contributed by atoms with van der Waals surface area (Å²) in [5.74, 6) is 1.66. The predicted molar refractivity (Wildman–Crippen MR) is 74.4 cm³/mol. The Hall–Kier alpha value is -1.48. The van der Waals surface area contributed by atoms with Crippen molar-refractivity contribution in [2.24, 2.45) is 0 Å². The Labute approximate surface area is 108 Å². The highest BCUT2D eigenvalue weighted by Crippen LogP contribution is 2.36. The summed E-state index contributed by atoms with van der Waals surface area (Å²) in [5.41, 5.74) is 3.94. The Morgan fingerprint density at radius 2 is 2.00 bits per heavy atom. The number of H-pyrrole nitrogens is 1. The molecule has 0 aliphatic carbocycles. The highest BCUT2D eigenvalue weighted by molar-refractivity contribution is 5.89. The van der Waals surface area contributed by atoms with E-state index in [4.69, 9.17) is 4.74 Å². The van der Waals surface area contributed by atoms with E-state index in [1.54, 1.807) is 7.11 Å². The second kappa shape index (κ2) is 4.65. The molecule has 96 valence electrons. The van der Waals surface area contributed by atoms with Crippen molar-refractivity contribution in [2.45, 2.75) is 25.7 Å². The molecule has 1 aromatic carbocycles. The molecule has 0 atom stereocenters. The summed E-state index contributed by atoms with van der Waals surface area (Å²) in [7, 11) is 1.74. The normalized spacial score (nSPS) is 17.2. The van der Waals surface area contributed by atoms with E-state index >= 15 is 0 Å². The van der Waals surface area contributed by atoms with Gasteiger partial charge in [0.25, 0.3) is 0 Å². The molecule has 1 aliphatic heterocycles. The van der Waals surface area contributed by atoms with Gasteiger partial charge in [-0.15, -0.1) is 0 Å². The highest BCUT2D eigenvalue weighted by Gasteiger charge is 2.20. The van der Waals surface area contributed by atoms with Gasteiger partial charge in [0.1, 0.15) is 5.75 Å². The van der Waals surface area contributed by atoms with Crippen LogP contribution in [0.5, 0.6) is 5.75 Å². The zero-order chi connectivity index (χ0) is 12.5. The average molecular weight is 244 g/mol. The maximum atomic E-state index is 5.44. The number of fused-ring (bicyclic) bond motifs is 1. The number of hydrogen-bond donors (Lipinski definition) is 2. The zero-order valence-electron chi connectivity index (χ0n) is 11.0. The molecule has 3 heteroatoms. The van der Waals surface area contributed by atoms with Gasteiger partial charge in [-0.2, -0.15) is 0 Å². The Morgan fingerprint density at radius 3 is 2.72 bits per heavy atom. The number of benzene rings is 1. The molecule has 18 heavy (non-hydrogen) atoms. The zero-order valence-corrected chi connectivity index (χ0v) is 11.0. The maximum absolute atomic E-state index is 5.44. The van der Waals surface area contributed by atoms with Crippen molar-refractivity contribution in [1.82, 2.24) is 10.3 Å². The molecule has 0 bridgehead atoms. The lowest BCUT2D eigenvalue weighted by atomic mass is 9.89. The van der Waals surface area contributed by atoms with Crippen molar-refractivity contribution in [3.8, 4) is 5.75 Å². The van der Waals surface area contributed by atoms with E-state index in [0.29, 0.717) is 5.92 Å². The van der Waals surface area contributed by atoms with Gasteiger partial charge in [-0.1, -0.05) is 0 Å². The smallest absolute Gasteiger partial charge is 0.122 e. The Morgan fingerprint density at radius 1 is 1.22 bits per heavy atom.